The van der Waals surface area contributed by atoms with E-state index in [0.29, 0.717) is 16.0 Å². The highest BCUT2D eigenvalue weighted by Crippen LogP contribution is 2.28. The van der Waals surface area contributed by atoms with Crippen LogP contribution in [0.1, 0.15) is 18.8 Å². The van der Waals surface area contributed by atoms with Crippen LogP contribution in [0.2, 0.25) is 0 Å². The maximum Gasteiger partial charge on any atom is 0.137 e. The fourth-order valence-corrected chi connectivity index (χ4v) is 1.76. The van der Waals surface area contributed by atoms with Crippen LogP contribution in [-0.4, -0.2) is 5.11 Å². The maximum absolute atomic E-state index is 13.0. The van der Waals surface area contributed by atoms with E-state index in [0.717, 1.165) is 5.56 Å². The van der Waals surface area contributed by atoms with Crippen LogP contribution in [0.5, 0.6) is 0 Å². The quantitative estimate of drug-likeness (QED) is 0.907. The molecule has 1 aromatic carbocycles. The van der Waals surface area contributed by atoms with E-state index in [1.807, 2.05) is 0 Å². The van der Waals surface area contributed by atoms with Gasteiger partial charge >= 0.3 is 0 Å². The zero-order valence-electron chi connectivity index (χ0n) is 8.58. The molecule has 0 saturated heterocycles. The Labute approximate surface area is 101 Å². The monoisotopic (exact) mass is 284 g/mol. The molecule has 2 nitrogen and oxygen atoms in total. The highest BCUT2D eigenvalue weighted by atomic mass is 79.9. The maximum atomic E-state index is 13.0. The number of aliphatic hydroxyl groups excluding tert-OH is 1. The van der Waals surface area contributed by atoms with Crippen molar-refractivity contribution in [1.82, 2.24) is 0 Å². The number of hydrogen-bond donors (Lipinski definition) is 1. The molecular weight excluding hydrogens is 275 g/mol. The molecule has 16 heavy (non-hydrogen) atoms. The second-order valence-electron chi connectivity index (χ2n) is 3.51. The van der Waals surface area contributed by atoms with Crippen molar-refractivity contribution in [2.24, 2.45) is 0 Å². The first-order chi connectivity index (χ1) is 7.58. The summed E-state index contributed by atoms with van der Waals surface area (Å²) in [5.74, 6) is 0.790. The van der Waals surface area contributed by atoms with Gasteiger partial charge < -0.3 is 9.52 Å². The minimum Gasteiger partial charge on any atom is -0.458 e. The Morgan fingerprint density at radius 3 is 2.62 bits per heavy atom. The van der Waals surface area contributed by atoms with Gasteiger partial charge in [0.25, 0.3) is 0 Å². The predicted octanol–water partition coefficient (Wildman–Crippen LogP) is 3.90. The van der Waals surface area contributed by atoms with E-state index >= 15 is 0 Å². The van der Waals surface area contributed by atoms with E-state index in [9.17, 15) is 9.50 Å². The molecule has 1 N–H and O–H groups in total. The third-order valence-corrected chi connectivity index (χ3v) is 2.85. The van der Waals surface area contributed by atoms with Gasteiger partial charge in [-0.2, -0.15) is 0 Å². The van der Waals surface area contributed by atoms with Crippen molar-refractivity contribution in [3.8, 4) is 11.3 Å². The summed E-state index contributed by atoms with van der Waals surface area (Å²) in [6.45, 7) is 1.63. The molecule has 4 heteroatoms. The molecule has 0 amide bonds. The molecule has 1 heterocycles. The van der Waals surface area contributed by atoms with Gasteiger partial charge in [-0.3, -0.25) is 0 Å². The lowest BCUT2D eigenvalue weighted by Gasteiger charge is -2.01. The Kier molecular flexibility index (Phi) is 3.12. The van der Waals surface area contributed by atoms with Gasteiger partial charge in [0.2, 0.25) is 0 Å². The number of benzene rings is 1. The molecule has 84 valence electrons. The average Bonchev–Trinajstić information content (AvgIpc) is 2.71. The van der Waals surface area contributed by atoms with Crippen molar-refractivity contribution < 1.29 is 13.9 Å². The third kappa shape index (κ3) is 2.18. The molecule has 2 aromatic rings. The summed E-state index contributed by atoms with van der Waals surface area (Å²) in [6, 6.07) is 8.09. The summed E-state index contributed by atoms with van der Waals surface area (Å²) in [4.78, 5) is 0. The van der Waals surface area contributed by atoms with Crippen LogP contribution < -0.4 is 0 Å². The van der Waals surface area contributed by atoms with Crippen molar-refractivity contribution >= 4 is 15.9 Å². The Morgan fingerprint density at radius 2 is 2.06 bits per heavy atom. The normalized spacial score (nSPS) is 12.8. The SMILES string of the molecule is CC(O)c1ccc(-c2ccc(F)c(Br)c2)o1. The number of rotatable bonds is 2. The van der Waals surface area contributed by atoms with E-state index in [1.54, 1.807) is 31.2 Å². The Morgan fingerprint density at radius 1 is 1.31 bits per heavy atom. The highest BCUT2D eigenvalue weighted by molar-refractivity contribution is 9.10. The predicted molar refractivity (Wildman–Crippen MR) is 62.4 cm³/mol. The second kappa shape index (κ2) is 4.39. The molecule has 0 bridgehead atoms. The van der Waals surface area contributed by atoms with Gasteiger partial charge in [0.05, 0.1) is 4.47 Å². The molecule has 2 rings (SSSR count). The zero-order valence-corrected chi connectivity index (χ0v) is 10.2. The van der Waals surface area contributed by atoms with Crippen LogP contribution in [0.3, 0.4) is 0 Å². The molecule has 0 aliphatic carbocycles. The van der Waals surface area contributed by atoms with Gasteiger partial charge in [-0.15, -0.1) is 0 Å². The molecular formula is C12H10BrFO2. The van der Waals surface area contributed by atoms with Crippen LogP contribution >= 0.6 is 15.9 Å². The minimum absolute atomic E-state index is 0.314. The van der Waals surface area contributed by atoms with Gasteiger partial charge in [-0.05, 0) is 53.2 Å². The first-order valence-electron chi connectivity index (χ1n) is 4.81. The second-order valence-corrected chi connectivity index (χ2v) is 4.36. The van der Waals surface area contributed by atoms with Crippen LogP contribution in [0.25, 0.3) is 11.3 Å². The van der Waals surface area contributed by atoms with Crippen LogP contribution in [0, 0.1) is 5.82 Å². The zero-order chi connectivity index (χ0) is 11.7. The molecule has 0 fully saturated rings. The fraction of sp³-hybridized carbons (Fsp3) is 0.167. The van der Waals surface area contributed by atoms with Gasteiger partial charge in [0.15, 0.2) is 0 Å². The summed E-state index contributed by atoms with van der Waals surface area (Å²) < 4.78 is 18.9. The summed E-state index contributed by atoms with van der Waals surface area (Å²) in [6.07, 6.45) is -0.641. The first-order valence-corrected chi connectivity index (χ1v) is 5.60. The lowest BCUT2D eigenvalue weighted by atomic mass is 10.2. The van der Waals surface area contributed by atoms with Gasteiger partial charge in [0.1, 0.15) is 23.4 Å². The van der Waals surface area contributed by atoms with E-state index in [1.165, 1.54) is 6.07 Å². The van der Waals surface area contributed by atoms with Crippen molar-refractivity contribution in [3.63, 3.8) is 0 Å². The molecule has 1 atom stereocenters. The van der Waals surface area contributed by atoms with E-state index in [4.69, 9.17) is 4.42 Å². The first kappa shape index (κ1) is 11.4. The van der Waals surface area contributed by atoms with E-state index < -0.39 is 6.10 Å². The standard InChI is InChI=1S/C12H10BrFO2/c1-7(15)11-4-5-12(16-11)8-2-3-10(14)9(13)6-8/h2-7,15H,1H3. The summed E-state index contributed by atoms with van der Waals surface area (Å²) in [5, 5.41) is 9.32. The van der Waals surface area contributed by atoms with Crippen molar-refractivity contribution in [1.29, 1.82) is 0 Å². The Hall–Kier alpha value is -1.13. The Bertz CT molecular complexity index is 505. The molecule has 1 aromatic heterocycles. The van der Waals surface area contributed by atoms with Crippen molar-refractivity contribution in [3.05, 3.63) is 46.4 Å². The largest absolute Gasteiger partial charge is 0.458 e. The van der Waals surface area contributed by atoms with E-state index in [-0.39, 0.29) is 5.82 Å². The number of halogens is 2. The van der Waals surface area contributed by atoms with Gasteiger partial charge in [0, 0.05) is 5.56 Å². The van der Waals surface area contributed by atoms with Gasteiger partial charge in [-0.25, -0.2) is 4.39 Å². The molecule has 0 aliphatic heterocycles. The molecule has 0 saturated carbocycles. The molecule has 1 unspecified atom stereocenters. The molecule has 0 spiro atoms. The summed E-state index contributed by atoms with van der Waals surface area (Å²) in [7, 11) is 0. The smallest absolute Gasteiger partial charge is 0.137 e. The topological polar surface area (TPSA) is 33.4 Å². The van der Waals surface area contributed by atoms with Crippen molar-refractivity contribution in [2.75, 3.05) is 0 Å². The van der Waals surface area contributed by atoms with Crippen LogP contribution in [-0.2, 0) is 0 Å². The Balaban J connectivity index is 2.39. The number of hydrogen-bond acceptors (Lipinski definition) is 2. The van der Waals surface area contributed by atoms with Crippen LogP contribution in [0.4, 0.5) is 4.39 Å². The lowest BCUT2D eigenvalue weighted by Crippen LogP contribution is -1.85. The summed E-state index contributed by atoms with van der Waals surface area (Å²) >= 11 is 3.11. The fourth-order valence-electron chi connectivity index (χ4n) is 1.38. The van der Waals surface area contributed by atoms with Crippen LogP contribution in [0.15, 0.2) is 39.2 Å². The van der Waals surface area contributed by atoms with Crippen molar-refractivity contribution in [2.45, 2.75) is 13.0 Å². The lowest BCUT2D eigenvalue weighted by molar-refractivity contribution is 0.170. The van der Waals surface area contributed by atoms with E-state index in [2.05, 4.69) is 15.9 Å². The molecule has 0 aliphatic rings. The number of aliphatic hydroxyl groups is 1. The number of furan rings is 1. The summed E-state index contributed by atoms with van der Waals surface area (Å²) in [5.41, 5.74) is 0.764. The molecule has 0 radical (unpaired) electrons. The minimum atomic E-state index is -0.641. The highest BCUT2D eigenvalue weighted by Gasteiger charge is 2.10. The third-order valence-electron chi connectivity index (χ3n) is 2.24. The van der Waals surface area contributed by atoms with Gasteiger partial charge in [-0.1, -0.05) is 0 Å². The average molecular weight is 285 g/mol.